The van der Waals surface area contributed by atoms with Gasteiger partial charge in [0.25, 0.3) is 0 Å². The van der Waals surface area contributed by atoms with Gasteiger partial charge < -0.3 is 16.0 Å². The fourth-order valence-corrected chi connectivity index (χ4v) is 8.79. The Morgan fingerprint density at radius 2 is 1.35 bits per heavy atom. The number of rotatable bonds is 11. The molecule has 0 radical (unpaired) electrons. The third kappa shape index (κ3) is 9.11. The van der Waals surface area contributed by atoms with E-state index in [9.17, 15) is 0 Å². The Hall–Kier alpha value is -7.46. The van der Waals surface area contributed by atoms with E-state index in [2.05, 4.69) is 225 Å². The predicted molar refractivity (Wildman–Crippen MR) is 270 cm³/mol. The third-order valence-corrected chi connectivity index (χ3v) is 12.2. The van der Waals surface area contributed by atoms with E-state index in [-0.39, 0.29) is 6.04 Å². The van der Waals surface area contributed by atoms with Crippen LogP contribution in [-0.4, -0.2) is 0 Å². The second-order valence-electron chi connectivity index (χ2n) is 16.5. The Balaban J connectivity index is 1.16. The molecular formula is C60H53N3. The number of aryl methyl sites for hydroxylation is 2. The first-order valence-electron chi connectivity index (χ1n) is 22.0. The predicted octanol–water partition coefficient (Wildman–Crippen LogP) is 15.6. The van der Waals surface area contributed by atoms with E-state index in [4.69, 9.17) is 5.73 Å². The molecule has 6 aromatic carbocycles. The van der Waals surface area contributed by atoms with Crippen LogP contribution in [0.3, 0.4) is 0 Å². The molecule has 0 aromatic heterocycles. The Bertz CT molecular complexity index is 2920. The molecule has 3 heteroatoms. The summed E-state index contributed by atoms with van der Waals surface area (Å²) in [6, 6.07) is 47.1. The maximum atomic E-state index is 7.30. The molecule has 3 aliphatic rings. The van der Waals surface area contributed by atoms with E-state index < -0.39 is 0 Å². The van der Waals surface area contributed by atoms with Gasteiger partial charge in [-0.3, -0.25) is 0 Å². The van der Waals surface area contributed by atoms with Crippen molar-refractivity contribution < 1.29 is 0 Å². The van der Waals surface area contributed by atoms with Crippen LogP contribution in [0.5, 0.6) is 0 Å². The van der Waals surface area contributed by atoms with Crippen LogP contribution in [0.25, 0.3) is 34.4 Å². The van der Waals surface area contributed by atoms with Crippen LogP contribution in [0.15, 0.2) is 229 Å². The van der Waals surface area contributed by atoms with Gasteiger partial charge in [0.15, 0.2) is 0 Å². The number of nitrogens with one attached hydrogen (secondary N) is 1. The fraction of sp³-hybridized carbons (Fsp3) is 0.100. The Morgan fingerprint density at radius 3 is 2.06 bits per heavy atom. The van der Waals surface area contributed by atoms with Crippen molar-refractivity contribution in [3.05, 3.63) is 263 Å². The van der Waals surface area contributed by atoms with E-state index in [1.807, 2.05) is 18.3 Å². The molecule has 0 aliphatic heterocycles. The van der Waals surface area contributed by atoms with E-state index >= 15 is 0 Å². The molecule has 1 atom stereocenters. The molecular weight excluding hydrogens is 763 g/mol. The fourth-order valence-electron chi connectivity index (χ4n) is 8.79. The summed E-state index contributed by atoms with van der Waals surface area (Å²) >= 11 is 0. The highest BCUT2D eigenvalue weighted by molar-refractivity contribution is 5.90. The van der Waals surface area contributed by atoms with Gasteiger partial charge in [-0.15, -0.1) is 0 Å². The van der Waals surface area contributed by atoms with Crippen molar-refractivity contribution in [2.75, 3.05) is 10.2 Å². The number of nitrogens with two attached hydrogens (primary N) is 1. The summed E-state index contributed by atoms with van der Waals surface area (Å²) in [6.45, 7) is 8.88. The molecule has 6 aromatic rings. The highest BCUT2D eigenvalue weighted by Crippen LogP contribution is 2.46. The minimum atomic E-state index is -0.384. The summed E-state index contributed by atoms with van der Waals surface area (Å²) in [5.74, 6) is 0. The molecule has 2 bridgehead atoms. The summed E-state index contributed by atoms with van der Waals surface area (Å²) in [5.41, 5.74) is 28.1. The molecule has 63 heavy (non-hydrogen) atoms. The smallest absolute Gasteiger partial charge is 0.0540 e. The van der Waals surface area contributed by atoms with E-state index in [1.165, 1.54) is 55.7 Å². The zero-order valence-corrected chi connectivity index (χ0v) is 36.1. The monoisotopic (exact) mass is 815 g/mol. The number of hydrogen-bond donors (Lipinski definition) is 2. The lowest BCUT2D eigenvalue weighted by Gasteiger charge is -2.33. The second-order valence-corrected chi connectivity index (χ2v) is 16.5. The first-order chi connectivity index (χ1) is 30.9. The first-order valence-corrected chi connectivity index (χ1v) is 22.0. The molecule has 0 spiro atoms. The van der Waals surface area contributed by atoms with Gasteiger partial charge in [-0.05, 0) is 148 Å². The minimum Gasteiger partial charge on any atom is -0.361 e. The van der Waals surface area contributed by atoms with Crippen LogP contribution in [-0.2, 0) is 6.42 Å². The van der Waals surface area contributed by atoms with E-state index in [0.29, 0.717) is 0 Å². The van der Waals surface area contributed by atoms with Gasteiger partial charge in [0.2, 0.25) is 0 Å². The normalized spacial score (nSPS) is 15.0. The quantitative estimate of drug-likeness (QED) is 0.128. The molecule has 0 heterocycles. The molecule has 3 N–H and O–H groups in total. The maximum absolute atomic E-state index is 7.30. The van der Waals surface area contributed by atoms with Crippen LogP contribution < -0.4 is 16.0 Å². The zero-order chi connectivity index (χ0) is 43.1. The van der Waals surface area contributed by atoms with Crippen molar-refractivity contribution in [2.24, 2.45) is 5.73 Å². The molecule has 0 saturated heterocycles. The summed E-state index contributed by atoms with van der Waals surface area (Å²) in [4.78, 5) is 2.42. The molecule has 0 amide bonds. The van der Waals surface area contributed by atoms with Crippen LogP contribution in [0, 0.1) is 13.8 Å². The average Bonchev–Trinajstić information content (AvgIpc) is 3.32. The highest BCUT2D eigenvalue weighted by atomic mass is 15.1. The lowest BCUT2D eigenvalue weighted by Crippen LogP contribution is -2.19. The third-order valence-electron chi connectivity index (χ3n) is 12.2. The molecule has 9 rings (SSSR count). The van der Waals surface area contributed by atoms with Crippen LogP contribution in [0.1, 0.15) is 52.3 Å². The standard InChI is InChI=1S/C60H53N3/c1-42-27-33-54-55-38-45(37-51(36-42)48-22-12-6-13-23-48)30-34-53(55)56(57(61)26-16-17-35-62-58-39-49(31-28-43(58)2)46-18-8-4-9-19-46)41-60(54)63(52-24-14-7-15-25-52)59-40-50(32-29-44(59)3)47-20-10-5-11-21-47/h4-12,14-22,24-37,39-41,57,62H,1,13,23,38,61H2,2-3H3/b26-16-,33-27?,35-17-,45-37?,51-36?. The number of para-hydroxylation sites is 1. The Morgan fingerprint density at radius 1 is 0.667 bits per heavy atom. The lowest BCUT2D eigenvalue weighted by molar-refractivity contribution is 0.900. The van der Waals surface area contributed by atoms with Gasteiger partial charge >= 0.3 is 0 Å². The van der Waals surface area contributed by atoms with Crippen LogP contribution in [0.4, 0.5) is 22.7 Å². The number of hydrogen-bond acceptors (Lipinski definition) is 3. The highest BCUT2D eigenvalue weighted by Gasteiger charge is 2.27. The van der Waals surface area contributed by atoms with Crippen molar-refractivity contribution in [1.29, 1.82) is 0 Å². The van der Waals surface area contributed by atoms with Gasteiger partial charge in [-0.25, -0.2) is 0 Å². The van der Waals surface area contributed by atoms with Crippen molar-refractivity contribution in [3.63, 3.8) is 0 Å². The molecule has 3 aliphatic carbocycles. The van der Waals surface area contributed by atoms with Gasteiger partial charge in [0.1, 0.15) is 0 Å². The van der Waals surface area contributed by atoms with Gasteiger partial charge in [0.05, 0.1) is 5.69 Å². The first kappa shape index (κ1) is 40.9. The summed E-state index contributed by atoms with van der Waals surface area (Å²) < 4.78 is 0. The molecule has 0 fully saturated rings. The van der Waals surface area contributed by atoms with Gasteiger partial charge in [-0.2, -0.15) is 0 Å². The largest absolute Gasteiger partial charge is 0.361 e. The number of fused-ring (bicyclic) bond motifs is 1. The molecule has 1 unspecified atom stereocenters. The van der Waals surface area contributed by atoms with Crippen molar-refractivity contribution in [3.8, 4) is 22.3 Å². The lowest BCUT2D eigenvalue weighted by atomic mass is 9.81. The topological polar surface area (TPSA) is 41.3 Å². The molecule has 308 valence electrons. The molecule has 3 nitrogen and oxygen atoms in total. The number of anilines is 4. The SMILES string of the molecule is C=C1C=Cc2c(N(c3ccccc3)c3cc(-c4ccccc4)ccc3C)cc(C(N)/C=C\C=C/Nc3cc(-c4ccccc4)ccc3C)c3c2CC(=CC(C2=CC=CCC2)=C1)C=C3. The Labute approximate surface area is 373 Å². The molecule has 0 saturated carbocycles. The number of allylic oxidation sites excluding steroid dienone is 13. The van der Waals surface area contributed by atoms with Crippen molar-refractivity contribution in [2.45, 2.75) is 39.2 Å². The summed E-state index contributed by atoms with van der Waals surface area (Å²) in [6.07, 6.45) is 31.3. The minimum absolute atomic E-state index is 0.384. The zero-order valence-electron chi connectivity index (χ0n) is 36.1. The van der Waals surface area contributed by atoms with Crippen LogP contribution in [0.2, 0.25) is 0 Å². The van der Waals surface area contributed by atoms with Crippen LogP contribution >= 0.6 is 0 Å². The number of benzene rings is 6. The second kappa shape index (κ2) is 18.7. The van der Waals surface area contributed by atoms with E-state index in [0.717, 1.165) is 64.3 Å². The average molecular weight is 816 g/mol. The number of nitrogens with zero attached hydrogens (tertiary/aromatic N) is 1. The van der Waals surface area contributed by atoms with Crippen molar-refractivity contribution in [1.82, 2.24) is 0 Å². The maximum Gasteiger partial charge on any atom is 0.0540 e. The Kier molecular flexibility index (Phi) is 12.1. The van der Waals surface area contributed by atoms with Gasteiger partial charge in [0, 0.05) is 34.9 Å². The van der Waals surface area contributed by atoms with Gasteiger partial charge in [-0.1, -0.05) is 170 Å². The summed E-state index contributed by atoms with van der Waals surface area (Å²) in [7, 11) is 0. The van der Waals surface area contributed by atoms with E-state index in [1.54, 1.807) is 0 Å². The van der Waals surface area contributed by atoms with Crippen molar-refractivity contribution >= 4 is 34.9 Å². The summed E-state index contributed by atoms with van der Waals surface area (Å²) in [5, 5.41) is 3.52.